The molecule has 0 heterocycles. The highest BCUT2D eigenvalue weighted by molar-refractivity contribution is 5.33. The molecule has 86 valence electrons. The Kier molecular flexibility index (Phi) is 4.09. The van der Waals surface area contributed by atoms with Gasteiger partial charge in [0.1, 0.15) is 0 Å². The first-order valence-electron chi connectivity index (χ1n) is 5.68. The van der Waals surface area contributed by atoms with E-state index in [2.05, 4.69) is 6.07 Å². The van der Waals surface area contributed by atoms with Crippen LogP contribution < -0.4 is 0 Å². The second kappa shape index (κ2) is 5.14. The highest BCUT2D eigenvalue weighted by atomic mass is 16.3. The van der Waals surface area contributed by atoms with Crippen molar-refractivity contribution in [3.63, 3.8) is 0 Å². The standard InChI is InChI=1S/C14H19NO/c1-11(2)14(10-15,9-12(3)16)13-7-5-4-6-8-13/h4-8,11-12,16H,9H2,1-3H3/t12-,14+/m1/s1. The number of aliphatic hydroxyl groups is 1. The van der Waals surface area contributed by atoms with Gasteiger partial charge in [-0.15, -0.1) is 0 Å². The number of hydrogen-bond acceptors (Lipinski definition) is 2. The van der Waals surface area contributed by atoms with Gasteiger partial charge in [0.2, 0.25) is 0 Å². The fourth-order valence-corrected chi connectivity index (χ4v) is 2.13. The Labute approximate surface area is 97.5 Å². The van der Waals surface area contributed by atoms with Crippen LogP contribution in [-0.4, -0.2) is 11.2 Å². The van der Waals surface area contributed by atoms with Crippen LogP contribution in [0.2, 0.25) is 0 Å². The molecule has 2 nitrogen and oxygen atoms in total. The van der Waals surface area contributed by atoms with Crippen LogP contribution in [0.5, 0.6) is 0 Å². The monoisotopic (exact) mass is 217 g/mol. The van der Waals surface area contributed by atoms with Gasteiger partial charge >= 0.3 is 0 Å². The summed E-state index contributed by atoms with van der Waals surface area (Å²) in [5, 5.41) is 19.1. The maximum Gasteiger partial charge on any atom is 0.0869 e. The lowest BCUT2D eigenvalue weighted by molar-refractivity contribution is 0.147. The topological polar surface area (TPSA) is 44.0 Å². The fourth-order valence-electron chi connectivity index (χ4n) is 2.13. The fraction of sp³-hybridized carbons (Fsp3) is 0.500. The quantitative estimate of drug-likeness (QED) is 0.842. The minimum absolute atomic E-state index is 0.175. The first kappa shape index (κ1) is 12.7. The van der Waals surface area contributed by atoms with Gasteiger partial charge in [-0.05, 0) is 24.8 Å². The van der Waals surface area contributed by atoms with E-state index in [0.717, 1.165) is 5.56 Å². The van der Waals surface area contributed by atoms with Crippen LogP contribution in [0, 0.1) is 17.2 Å². The third kappa shape index (κ3) is 2.43. The molecular formula is C14H19NO. The summed E-state index contributed by atoms with van der Waals surface area (Å²) in [5.41, 5.74) is 0.406. The molecule has 1 aromatic rings. The molecule has 1 rings (SSSR count). The maximum absolute atomic E-state index is 9.58. The highest BCUT2D eigenvalue weighted by Gasteiger charge is 2.36. The normalized spacial score (nSPS) is 16.5. The molecule has 0 aromatic heterocycles. The summed E-state index contributed by atoms with van der Waals surface area (Å²) in [7, 11) is 0. The molecule has 0 aliphatic rings. The minimum atomic E-state index is -0.588. The molecule has 0 aliphatic carbocycles. The molecule has 16 heavy (non-hydrogen) atoms. The van der Waals surface area contributed by atoms with Crippen molar-refractivity contribution in [3.05, 3.63) is 35.9 Å². The van der Waals surface area contributed by atoms with Crippen LogP contribution in [-0.2, 0) is 5.41 Å². The first-order chi connectivity index (χ1) is 7.53. The summed E-state index contributed by atoms with van der Waals surface area (Å²) in [6.07, 6.45) is 0.00723. The van der Waals surface area contributed by atoms with Crippen molar-refractivity contribution in [2.24, 2.45) is 5.92 Å². The lowest BCUT2D eigenvalue weighted by Crippen LogP contribution is -2.34. The predicted octanol–water partition coefficient (Wildman–Crippen LogP) is 2.87. The van der Waals surface area contributed by atoms with E-state index in [9.17, 15) is 10.4 Å². The number of nitriles is 1. The maximum atomic E-state index is 9.58. The Balaban J connectivity index is 3.19. The van der Waals surface area contributed by atoms with Crippen LogP contribution in [0.15, 0.2) is 30.3 Å². The molecule has 1 aromatic carbocycles. The molecule has 0 aliphatic heterocycles. The van der Waals surface area contributed by atoms with Crippen LogP contribution in [0.25, 0.3) is 0 Å². The lowest BCUT2D eigenvalue weighted by Gasteiger charge is -2.32. The number of rotatable bonds is 4. The summed E-state index contributed by atoms with van der Waals surface area (Å²) in [6.45, 7) is 5.79. The van der Waals surface area contributed by atoms with E-state index in [1.807, 2.05) is 44.2 Å². The molecule has 0 unspecified atom stereocenters. The van der Waals surface area contributed by atoms with E-state index in [1.165, 1.54) is 0 Å². The SMILES string of the molecule is CC(C)[C@@](C#N)(C[C@@H](C)O)c1ccccc1. The summed E-state index contributed by atoms with van der Waals surface area (Å²) >= 11 is 0. The average molecular weight is 217 g/mol. The van der Waals surface area contributed by atoms with Gasteiger partial charge in [-0.2, -0.15) is 5.26 Å². The molecule has 0 radical (unpaired) electrons. The zero-order chi connectivity index (χ0) is 12.2. The second-order valence-corrected chi connectivity index (χ2v) is 4.66. The van der Waals surface area contributed by atoms with E-state index in [4.69, 9.17) is 0 Å². The van der Waals surface area contributed by atoms with Crippen molar-refractivity contribution < 1.29 is 5.11 Å². The lowest BCUT2D eigenvalue weighted by atomic mass is 9.69. The van der Waals surface area contributed by atoms with Gasteiger partial charge in [0.15, 0.2) is 0 Å². The van der Waals surface area contributed by atoms with Gasteiger partial charge in [-0.3, -0.25) is 0 Å². The minimum Gasteiger partial charge on any atom is -0.393 e. The number of nitrogens with zero attached hydrogens (tertiary/aromatic N) is 1. The van der Waals surface area contributed by atoms with E-state index < -0.39 is 11.5 Å². The Hall–Kier alpha value is -1.33. The molecule has 0 bridgehead atoms. The number of aliphatic hydroxyl groups excluding tert-OH is 1. The predicted molar refractivity (Wildman–Crippen MR) is 64.9 cm³/mol. The van der Waals surface area contributed by atoms with Crippen LogP contribution >= 0.6 is 0 Å². The highest BCUT2D eigenvalue weighted by Crippen LogP contribution is 2.36. The summed E-state index contributed by atoms with van der Waals surface area (Å²) in [6, 6.07) is 12.1. The van der Waals surface area contributed by atoms with Crippen molar-refractivity contribution in [1.29, 1.82) is 5.26 Å². The van der Waals surface area contributed by atoms with Gasteiger partial charge in [-0.25, -0.2) is 0 Å². The molecule has 2 heteroatoms. The molecule has 0 spiro atoms. The van der Waals surface area contributed by atoms with Gasteiger partial charge < -0.3 is 5.11 Å². The van der Waals surface area contributed by atoms with Crippen LogP contribution in [0.3, 0.4) is 0 Å². The molecule has 0 saturated carbocycles. The average Bonchev–Trinajstić information content (AvgIpc) is 2.26. The van der Waals surface area contributed by atoms with Crippen LogP contribution in [0.1, 0.15) is 32.8 Å². The van der Waals surface area contributed by atoms with E-state index in [-0.39, 0.29) is 5.92 Å². The zero-order valence-electron chi connectivity index (χ0n) is 10.1. The van der Waals surface area contributed by atoms with Gasteiger partial charge in [0, 0.05) is 0 Å². The number of hydrogen-bond donors (Lipinski definition) is 1. The van der Waals surface area contributed by atoms with Gasteiger partial charge in [0.25, 0.3) is 0 Å². The zero-order valence-corrected chi connectivity index (χ0v) is 10.1. The molecular weight excluding hydrogens is 198 g/mol. The van der Waals surface area contributed by atoms with E-state index in [1.54, 1.807) is 6.92 Å². The van der Waals surface area contributed by atoms with Crippen molar-refractivity contribution in [2.45, 2.75) is 38.7 Å². The Morgan fingerprint density at radius 2 is 1.81 bits per heavy atom. The molecule has 1 N–H and O–H groups in total. The molecule has 0 amide bonds. The van der Waals surface area contributed by atoms with Crippen molar-refractivity contribution in [2.75, 3.05) is 0 Å². The van der Waals surface area contributed by atoms with Crippen molar-refractivity contribution in [3.8, 4) is 6.07 Å². The van der Waals surface area contributed by atoms with Crippen molar-refractivity contribution >= 4 is 0 Å². The van der Waals surface area contributed by atoms with E-state index in [0.29, 0.717) is 6.42 Å². The molecule has 2 atom stereocenters. The van der Waals surface area contributed by atoms with Gasteiger partial charge in [-0.1, -0.05) is 44.2 Å². The largest absolute Gasteiger partial charge is 0.393 e. The molecule has 0 saturated heterocycles. The smallest absolute Gasteiger partial charge is 0.0869 e. The van der Waals surface area contributed by atoms with Crippen LogP contribution in [0.4, 0.5) is 0 Å². The Bertz CT molecular complexity index is 364. The molecule has 0 fully saturated rings. The third-order valence-electron chi connectivity index (χ3n) is 3.09. The Morgan fingerprint density at radius 1 is 1.25 bits per heavy atom. The van der Waals surface area contributed by atoms with Gasteiger partial charge in [0.05, 0.1) is 17.6 Å². The summed E-state index contributed by atoms with van der Waals surface area (Å²) in [5.74, 6) is 0.175. The van der Waals surface area contributed by atoms with Crippen molar-refractivity contribution in [1.82, 2.24) is 0 Å². The third-order valence-corrected chi connectivity index (χ3v) is 3.09. The summed E-state index contributed by atoms with van der Waals surface area (Å²) in [4.78, 5) is 0. The summed E-state index contributed by atoms with van der Waals surface area (Å²) < 4.78 is 0. The van der Waals surface area contributed by atoms with E-state index >= 15 is 0 Å². The Morgan fingerprint density at radius 3 is 2.19 bits per heavy atom. The first-order valence-corrected chi connectivity index (χ1v) is 5.68. The second-order valence-electron chi connectivity index (χ2n) is 4.66. The number of benzene rings is 1.